The lowest BCUT2D eigenvalue weighted by molar-refractivity contribution is -0.142. The molecule has 1 atom stereocenters. The van der Waals surface area contributed by atoms with Crippen LogP contribution in [0, 0.1) is 0 Å². The molecular formula is C28H37ClN4O7S. The number of amides is 2. The Hall–Kier alpha value is -2.74. The number of halogens is 1. The molecule has 224 valence electrons. The molecule has 0 aromatic heterocycles. The van der Waals surface area contributed by atoms with Crippen molar-refractivity contribution < 1.29 is 32.2 Å². The predicted octanol–water partition coefficient (Wildman–Crippen LogP) is 1.61. The van der Waals surface area contributed by atoms with Crippen molar-refractivity contribution in [2.45, 2.75) is 24.4 Å². The zero-order valence-electron chi connectivity index (χ0n) is 23.2. The van der Waals surface area contributed by atoms with E-state index >= 15 is 0 Å². The summed E-state index contributed by atoms with van der Waals surface area (Å²) in [7, 11) is -3.64. The van der Waals surface area contributed by atoms with Gasteiger partial charge in [-0.25, -0.2) is 8.42 Å². The number of hydrogen-bond donors (Lipinski definition) is 1. The molecule has 41 heavy (non-hydrogen) atoms. The quantitative estimate of drug-likeness (QED) is 0.386. The minimum absolute atomic E-state index is 0.143. The fourth-order valence-corrected chi connectivity index (χ4v) is 6.08. The fraction of sp³-hybridized carbons (Fsp3) is 0.500. The van der Waals surface area contributed by atoms with E-state index in [4.69, 9.17) is 25.8 Å². The number of carbonyl (C=O) groups is 2. The predicted molar refractivity (Wildman–Crippen MR) is 153 cm³/mol. The lowest BCUT2D eigenvalue weighted by Crippen LogP contribution is -2.50. The van der Waals surface area contributed by atoms with Crippen LogP contribution >= 0.6 is 11.6 Å². The maximum Gasteiger partial charge on any atom is 0.261 e. The van der Waals surface area contributed by atoms with Gasteiger partial charge in [0.25, 0.3) is 5.91 Å². The highest BCUT2D eigenvalue weighted by Crippen LogP contribution is 2.21. The van der Waals surface area contributed by atoms with Crippen molar-refractivity contribution in [2.75, 3.05) is 72.3 Å². The van der Waals surface area contributed by atoms with E-state index in [2.05, 4.69) is 10.2 Å². The van der Waals surface area contributed by atoms with Gasteiger partial charge in [-0.2, -0.15) is 4.31 Å². The van der Waals surface area contributed by atoms with E-state index in [0.717, 1.165) is 18.7 Å². The Morgan fingerprint density at radius 1 is 0.976 bits per heavy atom. The number of sulfonamides is 1. The third-order valence-electron chi connectivity index (χ3n) is 7.06. The summed E-state index contributed by atoms with van der Waals surface area (Å²) in [4.78, 5) is 30.2. The Bertz CT molecular complexity index is 1250. The molecule has 0 radical (unpaired) electrons. The van der Waals surface area contributed by atoms with Crippen LogP contribution in [0.5, 0.6) is 5.75 Å². The number of hydrogen-bond acceptors (Lipinski definition) is 8. The highest BCUT2D eigenvalue weighted by molar-refractivity contribution is 7.89. The van der Waals surface area contributed by atoms with Gasteiger partial charge in [-0.05, 0) is 48.9 Å². The largest absolute Gasteiger partial charge is 0.484 e. The van der Waals surface area contributed by atoms with Crippen LogP contribution in [0.15, 0.2) is 53.4 Å². The first-order chi connectivity index (χ1) is 19.7. The van der Waals surface area contributed by atoms with Crippen molar-refractivity contribution in [1.29, 1.82) is 0 Å². The summed E-state index contributed by atoms with van der Waals surface area (Å²) in [6.07, 6.45) is 0. The van der Waals surface area contributed by atoms with Crippen molar-refractivity contribution in [3.05, 3.63) is 59.1 Å². The summed E-state index contributed by atoms with van der Waals surface area (Å²) in [6, 6.07) is 12.3. The molecule has 0 saturated carbocycles. The Morgan fingerprint density at radius 2 is 1.59 bits per heavy atom. The highest BCUT2D eigenvalue weighted by atomic mass is 35.5. The van der Waals surface area contributed by atoms with Crippen LogP contribution in [0.25, 0.3) is 0 Å². The topological polar surface area (TPSA) is 118 Å². The van der Waals surface area contributed by atoms with E-state index in [0.29, 0.717) is 63.4 Å². The molecule has 0 aliphatic carbocycles. The molecule has 2 aromatic carbocycles. The molecule has 2 aliphatic heterocycles. The van der Waals surface area contributed by atoms with Crippen LogP contribution in [0.1, 0.15) is 12.5 Å². The van der Waals surface area contributed by atoms with Gasteiger partial charge < -0.3 is 24.4 Å². The number of rotatable bonds is 12. The molecule has 2 fully saturated rings. The summed E-state index contributed by atoms with van der Waals surface area (Å²) in [5.74, 6) is -0.313. The van der Waals surface area contributed by atoms with E-state index < -0.39 is 16.1 Å². The minimum atomic E-state index is -3.64. The van der Waals surface area contributed by atoms with Crippen LogP contribution in [0.4, 0.5) is 0 Å². The molecule has 2 saturated heterocycles. The fourth-order valence-electron chi connectivity index (χ4n) is 4.55. The molecule has 1 N–H and O–H groups in total. The van der Waals surface area contributed by atoms with E-state index in [1.807, 2.05) is 0 Å². The number of nitrogens with one attached hydrogen (secondary N) is 1. The van der Waals surface area contributed by atoms with Gasteiger partial charge in [0.15, 0.2) is 6.61 Å². The minimum Gasteiger partial charge on any atom is -0.484 e. The molecule has 4 rings (SSSR count). The zero-order chi connectivity index (χ0) is 29.2. The number of ether oxygens (including phenoxy) is 3. The number of nitrogens with zero attached hydrogens (tertiary/aromatic N) is 3. The van der Waals surface area contributed by atoms with Crippen molar-refractivity contribution in [1.82, 2.24) is 19.4 Å². The molecule has 2 amide bonds. The Morgan fingerprint density at radius 3 is 2.22 bits per heavy atom. The van der Waals surface area contributed by atoms with Gasteiger partial charge in [-0.1, -0.05) is 23.7 Å². The molecule has 2 heterocycles. The van der Waals surface area contributed by atoms with Gasteiger partial charge in [-0.3, -0.25) is 14.5 Å². The van der Waals surface area contributed by atoms with Crippen molar-refractivity contribution in [3.63, 3.8) is 0 Å². The standard InChI is InChI=1S/C28H37ClN4O7S/c1-22(28(35)30-10-11-31-12-16-38-17-13-31)33(20-23-2-4-24(29)5-3-23)27(34)21-40-25-6-8-26(9-7-25)41(36,37)32-14-18-39-19-15-32/h2-9,22H,10-21H2,1H3,(H,30,35)/t22-/m1/s1. The molecule has 2 aromatic rings. The lowest BCUT2D eigenvalue weighted by Gasteiger charge is -2.30. The molecule has 0 spiro atoms. The third kappa shape index (κ3) is 8.87. The highest BCUT2D eigenvalue weighted by Gasteiger charge is 2.28. The van der Waals surface area contributed by atoms with Crippen molar-refractivity contribution >= 4 is 33.4 Å². The summed E-state index contributed by atoms with van der Waals surface area (Å²) < 4.78 is 43.4. The van der Waals surface area contributed by atoms with Gasteiger partial charge in [0.05, 0.1) is 31.3 Å². The van der Waals surface area contributed by atoms with E-state index in [9.17, 15) is 18.0 Å². The van der Waals surface area contributed by atoms with Crippen LogP contribution < -0.4 is 10.1 Å². The van der Waals surface area contributed by atoms with Gasteiger partial charge in [0.2, 0.25) is 15.9 Å². The maximum atomic E-state index is 13.3. The summed E-state index contributed by atoms with van der Waals surface area (Å²) in [6.45, 7) is 7.05. The smallest absolute Gasteiger partial charge is 0.261 e. The summed E-state index contributed by atoms with van der Waals surface area (Å²) >= 11 is 6.02. The van der Waals surface area contributed by atoms with E-state index in [1.165, 1.54) is 33.5 Å². The summed E-state index contributed by atoms with van der Waals surface area (Å²) in [5.41, 5.74) is 0.813. The van der Waals surface area contributed by atoms with Crippen molar-refractivity contribution in [2.24, 2.45) is 0 Å². The van der Waals surface area contributed by atoms with Gasteiger partial charge in [0.1, 0.15) is 11.8 Å². The average Bonchev–Trinajstić information content (AvgIpc) is 3.00. The molecular weight excluding hydrogens is 572 g/mol. The Balaban J connectivity index is 1.37. The first kappa shape index (κ1) is 31.2. The monoisotopic (exact) mass is 608 g/mol. The maximum absolute atomic E-state index is 13.3. The SMILES string of the molecule is C[C@H](C(=O)NCCN1CCOCC1)N(Cc1ccc(Cl)cc1)C(=O)COc1ccc(S(=O)(=O)N2CCOCC2)cc1. The van der Waals surface area contributed by atoms with Crippen molar-refractivity contribution in [3.8, 4) is 5.75 Å². The molecule has 13 heteroatoms. The third-order valence-corrected chi connectivity index (χ3v) is 9.22. The van der Waals surface area contributed by atoms with Gasteiger partial charge in [0, 0.05) is 50.8 Å². The van der Waals surface area contributed by atoms with E-state index in [-0.39, 0.29) is 29.9 Å². The van der Waals surface area contributed by atoms with Crippen LogP contribution in [0.2, 0.25) is 5.02 Å². The van der Waals surface area contributed by atoms with Gasteiger partial charge in [-0.15, -0.1) is 0 Å². The second-order valence-corrected chi connectivity index (χ2v) is 12.2. The van der Waals surface area contributed by atoms with Crippen LogP contribution in [-0.2, 0) is 35.6 Å². The second kappa shape index (κ2) is 14.9. The summed E-state index contributed by atoms with van der Waals surface area (Å²) in [5, 5.41) is 3.51. The zero-order valence-corrected chi connectivity index (χ0v) is 24.7. The second-order valence-electron chi connectivity index (χ2n) is 9.85. The van der Waals surface area contributed by atoms with E-state index in [1.54, 1.807) is 31.2 Å². The lowest BCUT2D eigenvalue weighted by atomic mass is 10.1. The Labute approximate surface area is 246 Å². The molecule has 2 aliphatic rings. The molecule has 11 nitrogen and oxygen atoms in total. The van der Waals surface area contributed by atoms with Crippen LogP contribution in [0.3, 0.4) is 0 Å². The normalized spacial score (nSPS) is 17.5. The number of morpholine rings is 2. The number of benzene rings is 2. The van der Waals surface area contributed by atoms with Gasteiger partial charge >= 0.3 is 0 Å². The molecule has 0 bridgehead atoms. The average molecular weight is 609 g/mol. The van der Waals surface area contributed by atoms with Crippen LogP contribution in [-0.4, -0.2) is 113 Å². The first-order valence-corrected chi connectivity index (χ1v) is 15.5. The Kier molecular flexibility index (Phi) is 11.4. The molecule has 0 unspecified atom stereocenters. The first-order valence-electron chi connectivity index (χ1n) is 13.7. The number of carbonyl (C=O) groups excluding carboxylic acids is 2.